The molecule has 6 rings (SSSR count). The molecule has 0 fully saturated rings. The van der Waals surface area contributed by atoms with Crippen molar-refractivity contribution in [2.45, 2.75) is 0 Å². The lowest BCUT2D eigenvalue weighted by atomic mass is 10.1. The maximum atomic E-state index is 13.1. The number of carbonyl (C=O) groups is 1. The zero-order chi connectivity index (χ0) is 24.3. The number of nitrogens with one attached hydrogen (secondary N) is 6. The number of amides is 2. The number of carbonyl (C=O) groups excluding carboxylic acids is 1. The first-order valence-corrected chi connectivity index (χ1v) is 12.2. The number of benzene rings is 2. The lowest BCUT2D eigenvalue weighted by Crippen LogP contribution is -2.25. The Morgan fingerprint density at radius 2 is 0.775 bits per heavy atom. The molecule has 0 aliphatic carbocycles. The van der Waals surface area contributed by atoms with Gasteiger partial charge in [0.1, 0.15) is 23.3 Å². The molecular formula is C25H32Cl4N10O. The molecule has 15 heteroatoms. The minimum Gasteiger partial charge on any atom is -0.368 e. The predicted octanol–water partition coefficient (Wildman–Crippen LogP) is 2.42. The van der Waals surface area contributed by atoms with Crippen LogP contribution in [0.5, 0.6) is 0 Å². The first-order chi connectivity index (χ1) is 17.7. The predicted molar refractivity (Wildman–Crippen MR) is 172 cm³/mol. The normalized spacial score (nSPS) is 16.4. The molecule has 0 saturated carbocycles. The van der Waals surface area contributed by atoms with Gasteiger partial charge in [-0.25, -0.2) is 4.79 Å². The molecule has 0 bridgehead atoms. The molecule has 0 unspecified atom stereocenters. The summed E-state index contributed by atoms with van der Waals surface area (Å²) in [6.45, 7) is 6.17. The highest BCUT2D eigenvalue weighted by Crippen LogP contribution is 2.21. The summed E-state index contributed by atoms with van der Waals surface area (Å²) < 4.78 is 0. The quantitative estimate of drug-likeness (QED) is 0.291. The molecule has 4 aliphatic rings. The molecule has 0 saturated heterocycles. The summed E-state index contributed by atoms with van der Waals surface area (Å²) in [5, 5.41) is 19.2. The number of hydrogen-bond acceptors (Lipinski definition) is 9. The van der Waals surface area contributed by atoms with Crippen molar-refractivity contribution >= 4 is 90.4 Å². The first-order valence-electron chi connectivity index (χ1n) is 12.2. The van der Waals surface area contributed by atoms with Gasteiger partial charge in [-0.3, -0.25) is 20.0 Å². The number of amidine groups is 4. The van der Waals surface area contributed by atoms with E-state index >= 15 is 0 Å². The number of aliphatic imine (C=N–C) groups is 4. The van der Waals surface area contributed by atoms with E-state index in [0.29, 0.717) is 11.4 Å². The Morgan fingerprint density at radius 3 is 1.00 bits per heavy atom. The van der Waals surface area contributed by atoms with Crippen molar-refractivity contribution in [1.29, 1.82) is 0 Å². The van der Waals surface area contributed by atoms with Gasteiger partial charge in [0.05, 0.1) is 26.2 Å². The van der Waals surface area contributed by atoms with Gasteiger partial charge in [0, 0.05) is 59.8 Å². The molecule has 0 aromatic heterocycles. The highest BCUT2D eigenvalue weighted by Gasteiger charge is 2.18. The van der Waals surface area contributed by atoms with Crippen molar-refractivity contribution in [3.05, 3.63) is 58.7 Å². The van der Waals surface area contributed by atoms with Crippen LogP contribution in [0.4, 0.5) is 16.2 Å². The van der Waals surface area contributed by atoms with Crippen LogP contribution >= 0.6 is 49.6 Å². The van der Waals surface area contributed by atoms with Crippen molar-refractivity contribution in [2.24, 2.45) is 20.0 Å². The van der Waals surface area contributed by atoms with Crippen LogP contribution in [0.3, 0.4) is 0 Å². The fourth-order valence-corrected chi connectivity index (χ4v) is 4.60. The summed E-state index contributed by atoms with van der Waals surface area (Å²) in [7, 11) is 0. The molecule has 6 N–H and O–H groups in total. The van der Waals surface area contributed by atoms with Crippen molar-refractivity contribution in [3.8, 4) is 0 Å². The Balaban J connectivity index is 0.00000140. The van der Waals surface area contributed by atoms with Crippen LogP contribution in [-0.2, 0) is 0 Å². The highest BCUT2D eigenvalue weighted by molar-refractivity contribution is 6.09. The molecule has 2 aromatic rings. The van der Waals surface area contributed by atoms with E-state index in [0.717, 1.165) is 98.0 Å². The molecule has 4 aliphatic heterocycles. The number of urea groups is 1. The van der Waals surface area contributed by atoms with E-state index in [1.165, 1.54) is 0 Å². The van der Waals surface area contributed by atoms with E-state index in [4.69, 9.17) is 0 Å². The molecule has 11 nitrogen and oxygen atoms in total. The Bertz CT molecular complexity index is 1160. The lowest BCUT2D eigenvalue weighted by molar-refractivity contribution is 0.262. The summed E-state index contributed by atoms with van der Waals surface area (Å²) in [6.07, 6.45) is 0. The molecule has 0 radical (unpaired) electrons. The Kier molecular flexibility index (Phi) is 12.3. The Labute approximate surface area is 257 Å². The van der Waals surface area contributed by atoms with Gasteiger partial charge in [0.2, 0.25) is 0 Å². The van der Waals surface area contributed by atoms with Gasteiger partial charge in [-0.15, -0.1) is 49.6 Å². The van der Waals surface area contributed by atoms with Crippen molar-refractivity contribution in [1.82, 2.24) is 21.3 Å². The standard InChI is InChI=1S/C25H28N10O.4ClH/c36-25(34-19-11-15(21-26-1-2-27-21)9-16(12-19)22-28-3-4-29-22)35-20-13-17(23-30-5-6-31-23)10-18(14-20)24-32-7-8-33-24;;;;/h9-14H,1-8H2,(H,26,27)(H,28,29)(H,30,31)(H,32,33)(H2,34,35,36);4*1H. The van der Waals surface area contributed by atoms with Gasteiger partial charge in [0.15, 0.2) is 0 Å². The second-order valence-corrected chi connectivity index (χ2v) is 8.81. The van der Waals surface area contributed by atoms with Crippen molar-refractivity contribution in [3.63, 3.8) is 0 Å². The van der Waals surface area contributed by atoms with Gasteiger partial charge in [-0.2, -0.15) is 0 Å². The second-order valence-electron chi connectivity index (χ2n) is 8.81. The Hall–Kier alpha value is -3.25. The largest absolute Gasteiger partial charge is 0.368 e. The van der Waals surface area contributed by atoms with Crippen molar-refractivity contribution < 1.29 is 4.79 Å². The van der Waals surface area contributed by atoms with Gasteiger partial charge >= 0.3 is 6.03 Å². The number of anilines is 2. The summed E-state index contributed by atoms with van der Waals surface area (Å²) in [4.78, 5) is 31.3. The van der Waals surface area contributed by atoms with Gasteiger partial charge in [-0.1, -0.05) is 0 Å². The third-order valence-electron chi connectivity index (χ3n) is 6.17. The van der Waals surface area contributed by atoms with Gasteiger partial charge in [-0.05, 0) is 36.4 Å². The minimum atomic E-state index is -0.341. The second kappa shape index (κ2) is 14.9. The third-order valence-corrected chi connectivity index (χ3v) is 6.17. The fourth-order valence-electron chi connectivity index (χ4n) is 4.60. The number of nitrogens with zero attached hydrogens (tertiary/aromatic N) is 4. The summed E-state index contributed by atoms with van der Waals surface area (Å²) >= 11 is 0. The maximum absolute atomic E-state index is 13.1. The molecule has 40 heavy (non-hydrogen) atoms. The monoisotopic (exact) mass is 628 g/mol. The topological polar surface area (TPSA) is 139 Å². The van der Waals surface area contributed by atoms with Crippen LogP contribution < -0.4 is 31.9 Å². The molecule has 0 atom stereocenters. The smallest absolute Gasteiger partial charge is 0.323 e. The number of rotatable bonds is 6. The van der Waals surface area contributed by atoms with Gasteiger partial charge < -0.3 is 31.9 Å². The van der Waals surface area contributed by atoms with E-state index < -0.39 is 0 Å². The van der Waals surface area contributed by atoms with Gasteiger partial charge in [0.25, 0.3) is 0 Å². The van der Waals surface area contributed by atoms with E-state index in [1.54, 1.807) is 0 Å². The molecule has 2 amide bonds. The summed E-state index contributed by atoms with van der Waals surface area (Å²) in [5.74, 6) is 3.30. The van der Waals surface area contributed by atoms with Crippen molar-refractivity contribution in [2.75, 3.05) is 63.0 Å². The van der Waals surface area contributed by atoms with E-state index in [1.807, 2.05) is 36.4 Å². The maximum Gasteiger partial charge on any atom is 0.323 e. The van der Waals surface area contributed by atoms with Crippen LogP contribution in [0.1, 0.15) is 22.3 Å². The average Bonchev–Trinajstić information content (AvgIpc) is 3.72. The molecular weight excluding hydrogens is 598 g/mol. The van der Waals surface area contributed by atoms with Crippen LogP contribution in [-0.4, -0.2) is 81.7 Å². The zero-order valence-corrected chi connectivity index (χ0v) is 24.7. The zero-order valence-electron chi connectivity index (χ0n) is 21.5. The Morgan fingerprint density at radius 1 is 0.500 bits per heavy atom. The van der Waals surface area contributed by atoms with Crippen LogP contribution in [0, 0.1) is 0 Å². The summed E-state index contributed by atoms with van der Waals surface area (Å²) in [5.41, 5.74) is 4.97. The molecule has 216 valence electrons. The van der Waals surface area contributed by atoms with E-state index in [-0.39, 0.29) is 55.7 Å². The molecule has 2 aromatic carbocycles. The number of halogens is 4. The van der Waals surface area contributed by atoms with E-state index in [9.17, 15) is 4.79 Å². The third kappa shape index (κ3) is 7.48. The first kappa shape index (κ1) is 33.0. The lowest BCUT2D eigenvalue weighted by Gasteiger charge is -2.14. The fraction of sp³-hybridized carbons (Fsp3) is 0.320. The van der Waals surface area contributed by atoms with Crippen LogP contribution in [0.2, 0.25) is 0 Å². The average molecular weight is 630 g/mol. The number of hydrogen-bond donors (Lipinski definition) is 6. The van der Waals surface area contributed by atoms with Crippen LogP contribution in [0.15, 0.2) is 56.4 Å². The SMILES string of the molecule is Cl.Cl.Cl.Cl.O=C(Nc1cc(C2=NCCN2)cc(C2=NCCN2)c1)Nc1cc(C2=NCCN2)cc(C2=NCCN2)c1. The highest BCUT2D eigenvalue weighted by atomic mass is 35.5. The molecule has 4 heterocycles. The summed E-state index contributed by atoms with van der Waals surface area (Å²) in [6, 6.07) is 11.4. The van der Waals surface area contributed by atoms with Crippen LogP contribution in [0.25, 0.3) is 0 Å². The van der Waals surface area contributed by atoms with E-state index in [2.05, 4.69) is 51.9 Å². The minimum absolute atomic E-state index is 0. The molecule has 0 spiro atoms.